The van der Waals surface area contributed by atoms with E-state index in [0.717, 1.165) is 0 Å². The van der Waals surface area contributed by atoms with E-state index in [9.17, 15) is 0 Å². The quantitative estimate of drug-likeness (QED) is 0.508. The SMILES string of the molecule is Cc1cc(O)no1.[CaH2]. The molecule has 1 N–H and O–H groups in total. The second-order valence-electron chi connectivity index (χ2n) is 1.30. The van der Waals surface area contributed by atoms with E-state index in [2.05, 4.69) is 9.68 Å². The summed E-state index contributed by atoms with van der Waals surface area (Å²) in [4.78, 5) is 0. The van der Waals surface area contributed by atoms with Gasteiger partial charge in [0.25, 0.3) is 5.88 Å². The molecule has 1 rings (SSSR count). The Bertz CT molecular complexity index is 146. The normalized spacial score (nSPS) is 8.12. The standard InChI is InChI=1S/C4H5NO2.Ca.2H/c1-3-2-4(6)5-7-3;;;/h2H,1H3,(H,5,6);;;. The molecule has 4 heteroatoms. The van der Waals surface area contributed by atoms with Crippen LogP contribution in [0.25, 0.3) is 0 Å². The Kier molecular flexibility index (Phi) is 3.44. The monoisotopic (exact) mass is 141 g/mol. The number of nitrogens with zero attached hydrogens (tertiary/aromatic N) is 1. The molecule has 0 spiro atoms. The molecule has 0 amide bonds. The van der Waals surface area contributed by atoms with Gasteiger partial charge in [-0.2, -0.15) is 0 Å². The summed E-state index contributed by atoms with van der Waals surface area (Å²) in [5, 5.41) is 11.6. The van der Waals surface area contributed by atoms with E-state index in [-0.39, 0.29) is 43.6 Å². The molecule has 0 bridgehead atoms. The van der Waals surface area contributed by atoms with Gasteiger partial charge in [-0.05, 0) is 12.1 Å². The van der Waals surface area contributed by atoms with Crippen LogP contribution < -0.4 is 0 Å². The molecule has 0 saturated heterocycles. The fraction of sp³-hybridized carbons (Fsp3) is 0.250. The summed E-state index contributed by atoms with van der Waals surface area (Å²) in [6.45, 7) is 1.72. The maximum absolute atomic E-state index is 8.45. The van der Waals surface area contributed by atoms with Crippen LogP contribution in [0.15, 0.2) is 10.6 Å². The van der Waals surface area contributed by atoms with E-state index in [1.807, 2.05) is 0 Å². The van der Waals surface area contributed by atoms with Gasteiger partial charge in [-0.1, -0.05) is 0 Å². The van der Waals surface area contributed by atoms with Crippen molar-refractivity contribution in [1.82, 2.24) is 5.16 Å². The van der Waals surface area contributed by atoms with Gasteiger partial charge < -0.3 is 9.63 Å². The van der Waals surface area contributed by atoms with Crippen LogP contribution in [0.5, 0.6) is 5.88 Å². The van der Waals surface area contributed by atoms with E-state index in [1.165, 1.54) is 6.07 Å². The average molecular weight is 141 g/mol. The van der Waals surface area contributed by atoms with Crippen LogP contribution in [-0.2, 0) is 0 Å². The van der Waals surface area contributed by atoms with Crippen LogP contribution in [0.2, 0.25) is 0 Å². The number of hydrogen-bond acceptors (Lipinski definition) is 3. The van der Waals surface area contributed by atoms with Gasteiger partial charge >= 0.3 is 37.7 Å². The minimum absolute atomic E-state index is 0. The topological polar surface area (TPSA) is 46.3 Å². The van der Waals surface area contributed by atoms with Crippen molar-refractivity contribution in [2.75, 3.05) is 0 Å². The molecular weight excluding hydrogens is 134 g/mol. The van der Waals surface area contributed by atoms with Gasteiger partial charge in [0.15, 0.2) is 0 Å². The summed E-state index contributed by atoms with van der Waals surface area (Å²) in [6, 6.07) is 1.44. The molecule has 1 aromatic heterocycles. The van der Waals surface area contributed by atoms with Crippen molar-refractivity contribution in [3.8, 4) is 5.88 Å². The predicted molar refractivity (Wildman–Crippen MR) is 31.4 cm³/mol. The third kappa shape index (κ3) is 2.03. The summed E-state index contributed by atoms with van der Waals surface area (Å²) >= 11 is 0. The van der Waals surface area contributed by atoms with Gasteiger partial charge in [0.05, 0.1) is 0 Å². The van der Waals surface area contributed by atoms with Gasteiger partial charge in [0.1, 0.15) is 5.76 Å². The van der Waals surface area contributed by atoms with E-state index in [1.54, 1.807) is 6.92 Å². The third-order valence-electron chi connectivity index (χ3n) is 0.616. The predicted octanol–water partition coefficient (Wildman–Crippen LogP) is -0.228. The number of aromatic nitrogens is 1. The van der Waals surface area contributed by atoms with E-state index >= 15 is 0 Å². The molecule has 0 aliphatic carbocycles. The molecule has 1 heterocycles. The molecule has 42 valence electrons. The molecular formula is C4H7CaNO2. The molecule has 0 aromatic carbocycles. The first-order valence-electron chi connectivity index (χ1n) is 1.91. The zero-order valence-electron chi connectivity index (χ0n) is 3.88. The number of aromatic hydroxyl groups is 1. The molecule has 1 aromatic rings. The maximum atomic E-state index is 8.45. The van der Waals surface area contributed by atoms with E-state index in [0.29, 0.717) is 5.76 Å². The average Bonchev–Trinajstić information content (AvgIpc) is 1.87. The summed E-state index contributed by atoms with van der Waals surface area (Å²) in [5.74, 6) is 0.565. The van der Waals surface area contributed by atoms with Crippen LogP contribution in [0.4, 0.5) is 0 Å². The number of rotatable bonds is 0. The van der Waals surface area contributed by atoms with Gasteiger partial charge in [-0.15, -0.1) is 0 Å². The Labute approximate surface area is 76.7 Å². The molecule has 0 atom stereocenters. The fourth-order valence-corrected chi connectivity index (χ4v) is 0.353. The Morgan fingerprint density at radius 2 is 2.38 bits per heavy atom. The van der Waals surface area contributed by atoms with Gasteiger partial charge in [0.2, 0.25) is 0 Å². The second-order valence-corrected chi connectivity index (χ2v) is 1.30. The fourth-order valence-electron chi connectivity index (χ4n) is 0.353. The first-order valence-corrected chi connectivity index (χ1v) is 1.91. The van der Waals surface area contributed by atoms with Crippen molar-refractivity contribution in [1.29, 1.82) is 0 Å². The van der Waals surface area contributed by atoms with Crippen molar-refractivity contribution in [3.05, 3.63) is 11.8 Å². The van der Waals surface area contributed by atoms with Gasteiger partial charge in [-0.3, -0.25) is 0 Å². The number of hydrogen-bond donors (Lipinski definition) is 1. The minimum atomic E-state index is -0.0579. The molecule has 0 radical (unpaired) electrons. The summed E-state index contributed by atoms with van der Waals surface area (Å²) in [7, 11) is 0. The van der Waals surface area contributed by atoms with Crippen LogP contribution in [0, 0.1) is 6.92 Å². The van der Waals surface area contributed by atoms with Crippen LogP contribution >= 0.6 is 0 Å². The zero-order chi connectivity index (χ0) is 5.28. The van der Waals surface area contributed by atoms with Gasteiger partial charge in [0, 0.05) is 6.07 Å². The zero-order valence-corrected chi connectivity index (χ0v) is 3.88. The summed E-state index contributed by atoms with van der Waals surface area (Å²) in [5.41, 5.74) is 0. The Hall–Kier alpha value is 0.270. The Balaban J connectivity index is 0.000000490. The molecule has 0 fully saturated rings. The number of aryl methyl sites for hydroxylation is 1. The molecule has 3 nitrogen and oxygen atoms in total. The van der Waals surface area contributed by atoms with Crippen molar-refractivity contribution < 1.29 is 9.63 Å². The van der Waals surface area contributed by atoms with Crippen LogP contribution in [0.1, 0.15) is 5.76 Å². The summed E-state index contributed by atoms with van der Waals surface area (Å²) in [6.07, 6.45) is 0. The first kappa shape index (κ1) is 8.27. The molecule has 0 aliphatic rings. The van der Waals surface area contributed by atoms with Gasteiger partial charge in [-0.25, -0.2) is 0 Å². The van der Waals surface area contributed by atoms with Crippen LogP contribution in [0.3, 0.4) is 0 Å². The second kappa shape index (κ2) is 3.33. The molecule has 0 saturated carbocycles. The molecule has 0 unspecified atom stereocenters. The first-order chi connectivity index (χ1) is 3.29. The Morgan fingerprint density at radius 1 is 1.75 bits per heavy atom. The van der Waals surface area contributed by atoms with Crippen molar-refractivity contribution in [3.63, 3.8) is 0 Å². The van der Waals surface area contributed by atoms with E-state index in [4.69, 9.17) is 5.11 Å². The van der Waals surface area contributed by atoms with E-state index < -0.39 is 0 Å². The summed E-state index contributed by atoms with van der Waals surface area (Å²) < 4.78 is 4.46. The third-order valence-corrected chi connectivity index (χ3v) is 0.616. The van der Waals surface area contributed by atoms with Crippen LogP contribution in [-0.4, -0.2) is 48.0 Å². The molecule has 0 aliphatic heterocycles. The van der Waals surface area contributed by atoms with Crippen molar-refractivity contribution in [2.45, 2.75) is 6.92 Å². The molecule has 8 heavy (non-hydrogen) atoms. The van der Waals surface area contributed by atoms with Crippen molar-refractivity contribution in [2.24, 2.45) is 0 Å². The van der Waals surface area contributed by atoms with Crippen molar-refractivity contribution >= 4 is 37.7 Å². The Morgan fingerprint density at radius 3 is 2.50 bits per heavy atom.